The van der Waals surface area contributed by atoms with Crippen molar-refractivity contribution in [2.24, 2.45) is 5.92 Å². The fourth-order valence-corrected chi connectivity index (χ4v) is 1.51. The molecule has 2 heteroatoms. The first-order valence-electron chi connectivity index (χ1n) is 5.09. The van der Waals surface area contributed by atoms with Crippen molar-refractivity contribution in [2.75, 3.05) is 13.2 Å². The van der Waals surface area contributed by atoms with Gasteiger partial charge in [-0.2, -0.15) is 0 Å². The fraction of sp³-hybridized carbons (Fsp3) is 0.583. The highest BCUT2D eigenvalue weighted by atomic mass is 16.5. The number of Topliss-reactive ketones (excluding diaryl/α,β-unsaturated/α-hetero) is 1. The van der Waals surface area contributed by atoms with Crippen LogP contribution in [0.4, 0.5) is 0 Å². The van der Waals surface area contributed by atoms with E-state index in [0.717, 1.165) is 0 Å². The molecule has 0 aliphatic heterocycles. The van der Waals surface area contributed by atoms with Gasteiger partial charge in [-0.25, -0.2) is 0 Å². The topological polar surface area (TPSA) is 26.3 Å². The van der Waals surface area contributed by atoms with Crippen molar-refractivity contribution in [1.82, 2.24) is 0 Å². The third kappa shape index (κ3) is 2.81. The molecule has 0 aromatic carbocycles. The van der Waals surface area contributed by atoms with Gasteiger partial charge in [0.25, 0.3) is 0 Å². The van der Waals surface area contributed by atoms with Crippen LogP contribution in [-0.4, -0.2) is 19.0 Å². The second kappa shape index (κ2) is 5.11. The molecule has 0 bridgehead atoms. The van der Waals surface area contributed by atoms with Gasteiger partial charge in [0, 0.05) is 12.3 Å². The lowest BCUT2D eigenvalue weighted by atomic mass is 9.99. The molecule has 0 aromatic heterocycles. The summed E-state index contributed by atoms with van der Waals surface area (Å²) in [6.07, 6.45) is 4.80. The summed E-state index contributed by atoms with van der Waals surface area (Å²) in [5.74, 6) is 0.561. The summed E-state index contributed by atoms with van der Waals surface area (Å²) in [6, 6.07) is 0. The second-order valence-corrected chi connectivity index (χ2v) is 3.78. The Kier molecular flexibility index (Phi) is 4.08. The van der Waals surface area contributed by atoms with Gasteiger partial charge in [0.1, 0.15) is 6.61 Å². The van der Waals surface area contributed by atoms with E-state index in [4.69, 9.17) is 4.74 Å². The van der Waals surface area contributed by atoms with E-state index in [0.29, 0.717) is 18.9 Å². The minimum absolute atomic E-state index is 0.172. The van der Waals surface area contributed by atoms with Crippen molar-refractivity contribution in [3.8, 4) is 0 Å². The monoisotopic (exact) mass is 194 g/mol. The number of ether oxygens (including phenoxy) is 1. The highest BCUT2D eigenvalue weighted by Crippen LogP contribution is 2.25. The normalized spacial score (nSPS) is 16.8. The lowest BCUT2D eigenvalue weighted by Crippen LogP contribution is -2.14. The van der Waals surface area contributed by atoms with E-state index in [9.17, 15) is 4.79 Å². The van der Waals surface area contributed by atoms with Crippen molar-refractivity contribution in [3.05, 3.63) is 23.3 Å². The van der Waals surface area contributed by atoms with Gasteiger partial charge >= 0.3 is 0 Å². The Hall–Kier alpha value is -0.890. The SMILES string of the molecule is CCC(=O)COCC1C(C)=CC=C1C. The van der Waals surface area contributed by atoms with Crippen LogP contribution in [0.25, 0.3) is 0 Å². The Balaban J connectivity index is 2.28. The zero-order valence-corrected chi connectivity index (χ0v) is 9.17. The zero-order chi connectivity index (χ0) is 10.6. The maximum atomic E-state index is 11.0. The number of carbonyl (C=O) groups excluding carboxylic acids is 1. The quantitative estimate of drug-likeness (QED) is 0.672. The summed E-state index contributed by atoms with van der Waals surface area (Å²) in [5, 5.41) is 0. The maximum Gasteiger partial charge on any atom is 0.158 e. The van der Waals surface area contributed by atoms with Crippen LogP contribution >= 0.6 is 0 Å². The lowest BCUT2D eigenvalue weighted by Gasteiger charge is -2.14. The highest BCUT2D eigenvalue weighted by Gasteiger charge is 2.16. The number of rotatable bonds is 5. The fourth-order valence-electron chi connectivity index (χ4n) is 1.51. The average Bonchev–Trinajstić information content (AvgIpc) is 2.48. The van der Waals surface area contributed by atoms with Crippen molar-refractivity contribution in [1.29, 1.82) is 0 Å². The molecule has 0 radical (unpaired) electrons. The number of hydrogen-bond acceptors (Lipinski definition) is 2. The van der Waals surface area contributed by atoms with E-state index >= 15 is 0 Å². The first-order chi connectivity index (χ1) is 6.65. The lowest BCUT2D eigenvalue weighted by molar-refractivity contribution is -0.123. The maximum absolute atomic E-state index is 11.0. The van der Waals surface area contributed by atoms with Crippen molar-refractivity contribution >= 4 is 5.78 Å². The largest absolute Gasteiger partial charge is 0.373 e. The highest BCUT2D eigenvalue weighted by molar-refractivity contribution is 5.79. The molecule has 1 aliphatic rings. The van der Waals surface area contributed by atoms with Gasteiger partial charge in [0.15, 0.2) is 5.78 Å². The average molecular weight is 194 g/mol. The summed E-state index contributed by atoms with van der Waals surface area (Å²) >= 11 is 0. The second-order valence-electron chi connectivity index (χ2n) is 3.78. The molecule has 1 rings (SSSR count). The number of hydrogen-bond donors (Lipinski definition) is 0. The Morgan fingerprint density at radius 1 is 1.36 bits per heavy atom. The molecule has 78 valence electrons. The molecule has 0 atom stereocenters. The van der Waals surface area contributed by atoms with Crippen molar-refractivity contribution in [2.45, 2.75) is 27.2 Å². The number of ketones is 1. The van der Waals surface area contributed by atoms with E-state index in [1.807, 2.05) is 6.92 Å². The van der Waals surface area contributed by atoms with Crippen molar-refractivity contribution < 1.29 is 9.53 Å². The predicted octanol–water partition coefficient (Wildman–Crippen LogP) is 2.50. The summed E-state index contributed by atoms with van der Waals surface area (Å²) < 4.78 is 5.38. The summed E-state index contributed by atoms with van der Waals surface area (Å²) in [5.41, 5.74) is 2.65. The molecule has 0 N–H and O–H groups in total. The molecule has 0 heterocycles. The van der Waals surface area contributed by atoms with Crippen molar-refractivity contribution in [3.63, 3.8) is 0 Å². The van der Waals surface area contributed by atoms with Gasteiger partial charge in [0.2, 0.25) is 0 Å². The first kappa shape index (κ1) is 11.2. The van der Waals surface area contributed by atoms with Gasteiger partial charge in [0.05, 0.1) is 6.61 Å². The molecule has 0 saturated carbocycles. The summed E-state index contributed by atoms with van der Waals surface area (Å²) in [6.45, 7) is 6.95. The van der Waals surface area contributed by atoms with Crippen LogP contribution in [0.1, 0.15) is 27.2 Å². The molecule has 1 aliphatic carbocycles. The van der Waals surface area contributed by atoms with Crippen LogP contribution in [0, 0.1) is 5.92 Å². The molecule has 0 aromatic rings. The van der Waals surface area contributed by atoms with Gasteiger partial charge in [-0.3, -0.25) is 4.79 Å². The molecular formula is C12H18O2. The molecule has 14 heavy (non-hydrogen) atoms. The molecule has 0 saturated heterocycles. The summed E-state index contributed by atoms with van der Waals surface area (Å²) in [4.78, 5) is 11.0. The Bertz CT molecular complexity index is 256. The van der Waals surface area contributed by atoms with E-state index < -0.39 is 0 Å². The van der Waals surface area contributed by atoms with Crippen LogP contribution < -0.4 is 0 Å². The van der Waals surface area contributed by atoms with Crippen LogP contribution in [0.15, 0.2) is 23.3 Å². The molecule has 2 nitrogen and oxygen atoms in total. The van der Waals surface area contributed by atoms with E-state index in [1.54, 1.807) is 0 Å². The van der Waals surface area contributed by atoms with E-state index in [-0.39, 0.29) is 12.4 Å². The molecule has 0 spiro atoms. The Morgan fingerprint density at radius 3 is 2.43 bits per heavy atom. The zero-order valence-electron chi connectivity index (χ0n) is 9.17. The Labute approximate surface area is 85.6 Å². The molecular weight excluding hydrogens is 176 g/mol. The number of allylic oxidation sites excluding steroid dienone is 2. The molecule has 0 fully saturated rings. The minimum atomic E-state index is 0.172. The third-order valence-corrected chi connectivity index (χ3v) is 2.65. The van der Waals surface area contributed by atoms with Crippen LogP contribution in [0.2, 0.25) is 0 Å². The van der Waals surface area contributed by atoms with Gasteiger partial charge in [-0.05, 0) is 13.8 Å². The minimum Gasteiger partial charge on any atom is -0.373 e. The van der Waals surface area contributed by atoms with Gasteiger partial charge < -0.3 is 4.74 Å². The standard InChI is InChI=1S/C12H18O2/c1-4-11(13)7-14-8-12-9(2)5-6-10(12)3/h5-6,12H,4,7-8H2,1-3H3. The third-order valence-electron chi connectivity index (χ3n) is 2.65. The van der Waals surface area contributed by atoms with E-state index in [2.05, 4.69) is 26.0 Å². The van der Waals surface area contributed by atoms with Crippen LogP contribution in [0.5, 0.6) is 0 Å². The Morgan fingerprint density at radius 2 is 1.93 bits per heavy atom. The van der Waals surface area contributed by atoms with E-state index in [1.165, 1.54) is 11.1 Å². The molecule has 0 unspecified atom stereocenters. The number of carbonyl (C=O) groups is 1. The van der Waals surface area contributed by atoms with Crippen LogP contribution in [-0.2, 0) is 9.53 Å². The molecule has 0 amide bonds. The smallest absolute Gasteiger partial charge is 0.158 e. The summed E-state index contributed by atoms with van der Waals surface area (Å²) in [7, 11) is 0. The first-order valence-corrected chi connectivity index (χ1v) is 5.09. The predicted molar refractivity (Wildman–Crippen MR) is 57.1 cm³/mol. The van der Waals surface area contributed by atoms with Gasteiger partial charge in [-0.1, -0.05) is 30.2 Å². The van der Waals surface area contributed by atoms with Crippen LogP contribution in [0.3, 0.4) is 0 Å². The van der Waals surface area contributed by atoms with Gasteiger partial charge in [-0.15, -0.1) is 0 Å².